The van der Waals surface area contributed by atoms with Gasteiger partial charge in [-0.15, -0.1) is 0 Å². The molecule has 4 nitrogen and oxygen atoms in total. The zero-order valence-electron chi connectivity index (χ0n) is 11.5. The molecule has 2 rings (SSSR count). The van der Waals surface area contributed by atoms with Crippen LogP contribution in [-0.2, 0) is 6.61 Å². The molecular formula is C16H17NO3. The van der Waals surface area contributed by atoms with E-state index in [-0.39, 0.29) is 5.56 Å². The van der Waals surface area contributed by atoms with Crippen LogP contribution >= 0.6 is 0 Å². The average molecular weight is 271 g/mol. The van der Waals surface area contributed by atoms with Crippen molar-refractivity contribution in [2.75, 3.05) is 19.0 Å². The molecule has 0 heterocycles. The second kappa shape index (κ2) is 6.10. The fourth-order valence-electron chi connectivity index (χ4n) is 1.93. The SMILES string of the molecule is CN(C)c1cccc(C(=O)O)c1OCc1ccccc1. The Bertz CT molecular complexity index is 594. The molecule has 0 atom stereocenters. The average Bonchev–Trinajstić information content (AvgIpc) is 2.45. The van der Waals surface area contributed by atoms with Crippen molar-refractivity contribution in [3.8, 4) is 5.75 Å². The zero-order chi connectivity index (χ0) is 14.5. The summed E-state index contributed by atoms with van der Waals surface area (Å²) in [5, 5.41) is 9.27. The minimum absolute atomic E-state index is 0.173. The van der Waals surface area contributed by atoms with E-state index in [0.29, 0.717) is 12.4 Å². The summed E-state index contributed by atoms with van der Waals surface area (Å²) in [6.07, 6.45) is 0. The Balaban J connectivity index is 2.31. The zero-order valence-corrected chi connectivity index (χ0v) is 11.5. The Morgan fingerprint density at radius 1 is 1.10 bits per heavy atom. The van der Waals surface area contributed by atoms with Gasteiger partial charge < -0.3 is 14.7 Å². The van der Waals surface area contributed by atoms with Crippen molar-refractivity contribution < 1.29 is 14.6 Å². The van der Waals surface area contributed by atoms with E-state index < -0.39 is 5.97 Å². The standard InChI is InChI=1S/C16H17NO3/c1-17(2)14-10-6-9-13(16(18)19)15(14)20-11-12-7-4-3-5-8-12/h3-10H,11H2,1-2H3,(H,18,19). The lowest BCUT2D eigenvalue weighted by molar-refractivity contribution is 0.0692. The molecule has 0 aliphatic carbocycles. The second-order valence-electron chi connectivity index (χ2n) is 4.63. The maximum Gasteiger partial charge on any atom is 0.339 e. The van der Waals surface area contributed by atoms with E-state index in [1.165, 1.54) is 0 Å². The number of hydrogen-bond donors (Lipinski definition) is 1. The lowest BCUT2D eigenvalue weighted by atomic mass is 10.1. The summed E-state index contributed by atoms with van der Waals surface area (Å²) in [6, 6.07) is 14.8. The topological polar surface area (TPSA) is 49.8 Å². The van der Waals surface area contributed by atoms with Gasteiger partial charge in [-0.25, -0.2) is 4.79 Å². The molecule has 0 aromatic heterocycles. The molecule has 20 heavy (non-hydrogen) atoms. The molecule has 2 aromatic carbocycles. The monoisotopic (exact) mass is 271 g/mol. The number of carbonyl (C=O) groups is 1. The van der Waals surface area contributed by atoms with Crippen LogP contribution in [0, 0.1) is 0 Å². The maximum atomic E-state index is 11.3. The number of carboxylic acids is 1. The minimum Gasteiger partial charge on any atom is -0.486 e. The van der Waals surface area contributed by atoms with Crippen molar-refractivity contribution >= 4 is 11.7 Å². The number of para-hydroxylation sites is 1. The molecule has 0 saturated heterocycles. The van der Waals surface area contributed by atoms with Gasteiger partial charge in [0.05, 0.1) is 5.69 Å². The van der Waals surface area contributed by atoms with Crippen molar-refractivity contribution in [2.45, 2.75) is 6.61 Å². The first-order chi connectivity index (χ1) is 9.59. The Morgan fingerprint density at radius 3 is 2.40 bits per heavy atom. The number of anilines is 1. The largest absolute Gasteiger partial charge is 0.486 e. The smallest absolute Gasteiger partial charge is 0.339 e. The van der Waals surface area contributed by atoms with Gasteiger partial charge in [0.25, 0.3) is 0 Å². The molecule has 2 aromatic rings. The van der Waals surface area contributed by atoms with Crippen LogP contribution in [0.4, 0.5) is 5.69 Å². The van der Waals surface area contributed by atoms with Gasteiger partial charge in [-0.1, -0.05) is 36.4 Å². The molecule has 104 valence electrons. The normalized spacial score (nSPS) is 10.1. The molecule has 0 aliphatic rings. The quantitative estimate of drug-likeness (QED) is 0.908. The molecule has 0 radical (unpaired) electrons. The predicted octanol–water partition coefficient (Wildman–Crippen LogP) is 3.03. The van der Waals surface area contributed by atoms with Gasteiger partial charge >= 0.3 is 5.97 Å². The van der Waals surface area contributed by atoms with Gasteiger partial charge in [-0.2, -0.15) is 0 Å². The summed E-state index contributed by atoms with van der Waals surface area (Å²) >= 11 is 0. The second-order valence-corrected chi connectivity index (χ2v) is 4.63. The number of hydrogen-bond acceptors (Lipinski definition) is 3. The lowest BCUT2D eigenvalue weighted by Gasteiger charge is -2.19. The molecule has 0 saturated carbocycles. The van der Waals surface area contributed by atoms with Crippen LogP contribution in [-0.4, -0.2) is 25.2 Å². The minimum atomic E-state index is -0.989. The lowest BCUT2D eigenvalue weighted by Crippen LogP contribution is -2.13. The molecule has 1 N–H and O–H groups in total. The number of carboxylic acid groups (broad SMARTS) is 1. The van der Waals surface area contributed by atoms with Crippen LogP contribution in [0.25, 0.3) is 0 Å². The first-order valence-corrected chi connectivity index (χ1v) is 6.30. The fourth-order valence-corrected chi connectivity index (χ4v) is 1.93. The number of nitrogens with zero attached hydrogens (tertiary/aromatic N) is 1. The van der Waals surface area contributed by atoms with E-state index in [2.05, 4.69) is 0 Å². The summed E-state index contributed by atoms with van der Waals surface area (Å²) in [7, 11) is 3.71. The number of aromatic carboxylic acids is 1. The van der Waals surface area contributed by atoms with Crippen molar-refractivity contribution in [3.63, 3.8) is 0 Å². The number of rotatable bonds is 5. The van der Waals surface area contributed by atoms with Crippen LogP contribution in [0.1, 0.15) is 15.9 Å². The van der Waals surface area contributed by atoms with Crippen LogP contribution in [0.15, 0.2) is 48.5 Å². The van der Waals surface area contributed by atoms with Crippen LogP contribution in [0.3, 0.4) is 0 Å². The van der Waals surface area contributed by atoms with Gasteiger partial charge in [0.1, 0.15) is 12.2 Å². The summed E-state index contributed by atoms with van der Waals surface area (Å²) in [4.78, 5) is 13.1. The highest BCUT2D eigenvalue weighted by molar-refractivity contribution is 5.93. The van der Waals surface area contributed by atoms with E-state index in [9.17, 15) is 9.90 Å². The molecule has 0 unspecified atom stereocenters. The summed E-state index contributed by atoms with van der Waals surface area (Å²) in [5.74, 6) is -0.592. The van der Waals surface area contributed by atoms with Crippen LogP contribution < -0.4 is 9.64 Å². The summed E-state index contributed by atoms with van der Waals surface area (Å²) < 4.78 is 5.75. The highest BCUT2D eigenvalue weighted by Crippen LogP contribution is 2.31. The van der Waals surface area contributed by atoms with Crippen LogP contribution in [0.2, 0.25) is 0 Å². The van der Waals surface area contributed by atoms with Crippen LogP contribution in [0.5, 0.6) is 5.75 Å². The maximum absolute atomic E-state index is 11.3. The Morgan fingerprint density at radius 2 is 1.80 bits per heavy atom. The van der Waals surface area contributed by atoms with E-state index in [0.717, 1.165) is 11.3 Å². The fraction of sp³-hybridized carbons (Fsp3) is 0.188. The Labute approximate surface area is 118 Å². The number of benzene rings is 2. The first-order valence-electron chi connectivity index (χ1n) is 6.30. The van der Waals surface area contributed by atoms with Gasteiger partial charge in [0.2, 0.25) is 0 Å². The van der Waals surface area contributed by atoms with E-state index in [1.54, 1.807) is 12.1 Å². The molecule has 0 aliphatic heterocycles. The molecule has 0 amide bonds. The van der Waals surface area contributed by atoms with Gasteiger partial charge in [0.15, 0.2) is 5.75 Å². The molecule has 0 fully saturated rings. The molecule has 0 bridgehead atoms. The van der Waals surface area contributed by atoms with E-state index in [1.807, 2.05) is 55.4 Å². The van der Waals surface area contributed by atoms with Crippen molar-refractivity contribution in [3.05, 3.63) is 59.7 Å². The molecule has 0 spiro atoms. The predicted molar refractivity (Wildman–Crippen MR) is 78.5 cm³/mol. The van der Waals surface area contributed by atoms with Gasteiger partial charge in [-0.3, -0.25) is 0 Å². The third-order valence-electron chi connectivity index (χ3n) is 2.93. The van der Waals surface area contributed by atoms with E-state index >= 15 is 0 Å². The third kappa shape index (κ3) is 3.09. The molecule has 4 heteroatoms. The van der Waals surface area contributed by atoms with E-state index in [4.69, 9.17) is 4.74 Å². The third-order valence-corrected chi connectivity index (χ3v) is 2.93. The summed E-state index contributed by atoms with van der Waals surface area (Å²) in [6.45, 7) is 0.339. The Kier molecular flexibility index (Phi) is 4.25. The van der Waals surface area contributed by atoms with Crippen molar-refractivity contribution in [1.29, 1.82) is 0 Å². The van der Waals surface area contributed by atoms with Crippen molar-refractivity contribution in [2.24, 2.45) is 0 Å². The molecular weight excluding hydrogens is 254 g/mol. The van der Waals surface area contributed by atoms with Gasteiger partial charge in [0, 0.05) is 14.1 Å². The highest BCUT2D eigenvalue weighted by Gasteiger charge is 2.16. The summed E-state index contributed by atoms with van der Waals surface area (Å²) in [5.41, 5.74) is 1.92. The Hall–Kier alpha value is -2.49. The van der Waals surface area contributed by atoms with Gasteiger partial charge in [-0.05, 0) is 17.7 Å². The first kappa shape index (κ1) is 13.9. The highest BCUT2D eigenvalue weighted by atomic mass is 16.5. The van der Waals surface area contributed by atoms with Crippen molar-refractivity contribution in [1.82, 2.24) is 0 Å². The number of ether oxygens (including phenoxy) is 1.